The summed E-state index contributed by atoms with van der Waals surface area (Å²) in [6.07, 6.45) is -1.36. The molecule has 24 heavy (non-hydrogen) atoms. The van der Waals surface area contributed by atoms with Gasteiger partial charge in [0.1, 0.15) is 0 Å². The molecule has 2 aromatic rings. The molecule has 0 spiro atoms. The van der Waals surface area contributed by atoms with E-state index in [1.807, 2.05) is 26.0 Å². The molecule has 1 amide bonds. The molecule has 0 bridgehead atoms. The summed E-state index contributed by atoms with van der Waals surface area (Å²) in [4.78, 5) is 18.3. The highest BCUT2D eigenvalue weighted by Crippen LogP contribution is 2.25. The predicted molar refractivity (Wildman–Crippen MR) is 83.7 cm³/mol. The summed E-state index contributed by atoms with van der Waals surface area (Å²) in [5.74, 6) is -1.55. The maximum absolute atomic E-state index is 12.4. The van der Waals surface area contributed by atoms with Crippen LogP contribution in [0, 0.1) is 13.8 Å². The number of amides is 1. The van der Waals surface area contributed by atoms with Crippen molar-refractivity contribution >= 4 is 17.8 Å². The van der Waals surface area contributed by atoms with Crippen LogP contribution in [-0.2, 0) is 11.0 Å². The lowest BCUT2D eigenvalue weighted by Gasteiger charge is -2.17. The molecule has 0 aliphatic heterocycles. The van der Waals surface area contributed by atoms with Gasteiger partial charge in [0.05, 0.1) is 11.9 Å². The van der Waals surface area contributed by atoms with Gasteiger partial charge >= 0.3 is 6.18 Å². The van der Waals surface area contributed by atoms with E-state index in [0.29, 0.717) is 5.69 Å². The van der Waals surface area contributed by atoms with Gasteiger partial charge in [0.15, 0.2) is 0 Å². The zero-order valence-corrected chi connectivity index (χ0v) is 13.3. The molecule has 5 nitrogen and oxygen atoms in total. The Kier molecular flexibility index (Phi) is 4.96. The molecular formula is C16H15F3N4O. The average molecular weight is 336 g/mol. The van der Waals surface area contributed by atoms with Crippen LogP contribution in [0.4, 0.5) is 18.9 Å². The standard InChI is InChI=1S/C16H15F3N4O/c1-10-4-5-14(11(2)6-10)23(12(3)24)22-9-13-7-20-15(21-8-13)16(17,18)19/h4-9H,1-3H3/b22-9+. The van der Waals surface area contributed by atoms with E-state index in [0.717, 1.165) is 23.5 Å². The van der Waals surface area contributed by atoms with Crippen molar-refractivity contribution in [3.05, 3.63) is 53.1 Å². The average Bonchev–Trinajstić information content (AvgIpc) is 2.48. The third kappa shape index (κ3) is 4.15. The van der Waals surface area contributed by atoms with Gasteiger partial charge in [-0.15, -0.1) is 0 Å². The topological polar surface area (TPSA) is 58.5 Å². The highest BCUT2D eigenvalue weighted by Gasteiger charge is 2.34. The third-order valence-electron chi connectivity index (χ3n) is 3.13. The quantitative estimate of drug-likeness (QED) is 0.637. The van der Waals surface area contributed by atoms with Crippen molar-refractivity contribution in [2.75, 3.05) is 5.01 Å². The first-order chi connectivity index (χ1) is 11.2. The van der Waals surface area contributed by atoms with Gasteiger partial charge in [0, 0.05) is 24.9 Å². The van der Waals surface area contributed by atoms with E-state index in [2.05, 4.69) is 15.1 Å². The molecule has 8 heteroatoms. The Bertz CT molecular complexity index is 770. The molecular weight excluding hydrogens is 321 g/mol. The summed E-state index contributed by atoms with van der Waals surface area (Å²) >= 11 is 0. The van der Waals surface area contributed by atoms with E-state index < -0.39 is 12.0 Å². The highest BCUT2D eigenvalue weighted by atomic mass is 19.4. The molecule has 0 saturated heterocycles. The Morgan fingerprint density at radius 2 is 1.83 bits per heavy atom. The van der Waals surface area contributed by atoms with Crippen molar-refractivity contribution in [3.8, 4) is 0 Å². The molecule has 0 atom stereocenters. The Balaban J connectivity index is 2.28. The van der Waals surface area contributed by atoms with Crippen molar-refractivity contribution in [1.29, 1.82) is 0 Å². The second kappa shape index (κ2) is 6.77. The third-order valence-corrected chi connectivity index (χ3v) is 3.13. The number of alkyl halides is 3. The number of hydrazone groups is 1. The Hall–Kier alpha value is -2.77. The molecule has 1 heterocycles. The molecule has 0 fully saturated rings. The number of aromatic nitrogens is 2. The lowest BCUT2D eigenvalue weighted by molar-refractivity contribution is -0.145. The molecule has 1 aromatic carbocycles. The smallest absolute Gasteiger partial charge is 0.273 e. The lowest BCUT2D eigenvalue weighted by Crippen LogP contribution is -2.23. The van der Waals surface area contributed by atoms with Crippen LogP contribution in [0.5, 0.6) is 0 Å². The number of aryl methyl sites for hydroxylation is 2. The van der Waals surface area contributed by atoms with E-state index in [1.54, 1.807) is 6.07 Å². The van der Waals surface area contributed by atoms with Crippen LogP contribution in [0.1, 0.15) is 29.4 Å². The van der Waals surface area contributed by atoms with E-state index in [-0.39, 0.29) is 11.5 Å². The number of halogens is 3. The first-order valence-corrected chi connectivity index (χ1v) is 6.99. The summed E-state index contributed by atoms with van der Waals surface area (Å²) in [6.45, 7) is 5.12. The van der Waals surface area contributed by atoms with Gasteiger partial charge in [-0.1, -0.05) is 17.7 Å². The summed E-state index contributed by atoms with van der Waals surface area (Å²) in [5, 5.41) is 5.22. The van der Waals surface area contributed by atoms with Gasteiger partial charge in [-0.25, -0.2) is 15.0 Å². The monoisotopic (exact) mass is 336 g/mol. The largest absolute Gasteiger partial charge is 0.451 e. The van der Waals surface area contributed by atoms with Crippen LogP contribution >= 0.6 is 0 Å². The van der Waals surface area contributed by atoms with Crippen LogP contribution in [0.25, 0.3) is 0 Å². The zero-order chi connectivity index (χ0) is 17.9. The second-order valence-electron chi connectivity index (χ2n) is 5.20. The molecule has 0 unspecified atom stereocenters. The number of carbonyl (C=O) groups excluding carboxylic acids is 1. The van der Waals surface area contributed by atoms with Crippen molar-refractivity contribution in [1.82, 2.24) is 9.97 Å². The van der Waals surface area contributed by atoms with E-state index in [1.165, 1.54) is 18.1 Å². The number of nitrogens with zero attached hydrogens (tertiary/aromatic N) is 4. The first kappa shape index (κ1) is 17.6. The van der Waals surface area contributed by atoms with Gasteiger partial charge in [0.25, 0.3) is 0 Å². The molecule has 0 aliphatic carbocycles. The fourth-order valence-electron chi connectivity index (χ4n) is 2.03. The minimum Gasteiger partial charge on any atom is -0.273 e. The van der Waals surface area contributed by atoms with Gasteiger partial charge < -0.3 is 0 Å². The molecule has 126 valence electrons. The molecule has 0 radical (unpaired) electrons. The summed E-state index contributed by atoms with van der Waals surface area (Å²) in [5.41, 5.74) is 2.74. The van der Waals surface area contributed by atoms with E-state index >= 15 is 0 Å². The Labute approximate surface area is 136 Å². The summed E-state index contributed by atoms with van der Waals surface area (Å²) < 4.78 is 37.3. The van der Waals surface area contributed by atoms with Gasteiger partial charge in [-0.05, 0) is 25.5 Å². The Morgan fingerprint density at radius 1 is 1.21 bits per heavy atom. The highest BCUT2D eigenvalue weighted by molar-refractivity contribution is 5.94. The SMILES string of the molecule is CC(=O)N(/N=C/c1cnc(C(F)(F)F)nc1)c1ccc(C)cc1C. The molecule has 2 rings (SSSR count). The van der Waals surface area contributed by atoms with Crippen LogP contribution in [0.15, 0.2) is 35.7 Å². The molecule has 0 saturated carbocycles. The number of benzene rings is 1. The van der Waals surface area contributed by atoms with Crippen molar-refractivity contribution in [3.63, 3.8) is 0 Å². The van der Waals surface area contributed by atoms with E-state index in [9.17, 15) is 18.0 Å². The molecule has 0 aliphatic rings. The zero-order valence-electron chi connectivity index (χ0n) is 13.3. The first-order valence-electron chi connectivity index (χ1n) is 6.99. The lowest BCUT2D eigenvalue weighted by atomic mass is 10.1. The Morgan fingerprint density at radius 3 is 2.33 bits per heavy atom. The minimum atomic E-state index is -4.60. The maximum atomic E-state index is 12.4. The predicted octanol–water partition coefficient (Wildman–Crippen LogP) is 3.50. The maximum Gasteiger partial charge on any atom is 0.451 e. The van der Waals surface area contributed by atoms with Crippen LogP contribution in [0.2, 0.25) is 0 Å². The molecule has 0 N–H and O–H groups in total. The minimum absolute atomic E-state index is 0.249. The number of hydrogen-bond donors (Lipinski definition) is 0. The fraction of sp³-hybridized carbons (Fsp3) is 0.250. The van der Waals surface area contributed by atoms with Gasteiger partial charge in [-0.2, -0.15) is 18.3 Å². The number of anilines is 1. The molecule has 1 aromatic heterocycles. The number of hydrogen-bond acceptors (Lipinski definition) is 4. The van der Waals surface area contributed by atoms with Crippen molar-refractivity contribution in [2.45, 2.75) is 26.9 Å². The van der Waals surface area contributed by atoms with Gasteiger partial charge in [0.2, 0.25) is 11.7 Å². The van der Waals surface area contributed by atoms with Crippen LogP contribution in [-0.4, -0.2) is 22.1 Å². The summed E-state index contributed by atoms with van der Waals surface area (Å²) in [6, 6.07) is 5.50. The van der Waals surface area contributed by atoms with Crippen LogP contribution in [0.3, 0.4) is 0 Å². The number of carbonyl (C=O) groups is 1. The second-order valence-corrected chi connectivity index (χ2v) is 5.20. The summed E-state index contributed by atoms with van der Waals surface area (Å²) in [7, 11) is 0. The van der Waals surface area contributed by atoms with E-state index in [4.69, 9.17) is 0 Å². The fourth-order valence-corrected chi connectivity index (χ4v) is 2.03. The van der Waals surface area contributed by atoms with Crippen molar-refractivity contribution < 1.29 is 18.0 Å². The normalized spacial score (nSPS) is 11.8. The van der Waals surface area contributed by atoms with Gasteiger partial charge in [-0.3, -0.25) is 4.79 Å². The number of rotatable bonds is 3. The van der Waals surface area contributed by atoms with Crippen molar-refractivity contribution in [2.24, 2.45) is 5.10 Å². The van der Waals surface area contributed by atoms with Crippen LogP contribution < -0.4 is 5.01 Å².